The molecule has 0 aromatic carbocycles. The van der Waals surface area contributed by atoms with E-state index in [0.29, 0.717) is 42.4 Å². The maximum Gasteiger partial charge on any atom is 0.327 e. The summed E-state index contributed by atoms with van der Waals surface area (Å²) in [4.78, 5) is 26.1. The summed E-state index contributed by atoms with van der Waals surface area (Å²) in [7, 11) is 0. The van der Waals surface area contributed by atoms with Crippen molar-refractivity contribution in [3.05, 3.63) is 16.7 Å². The number of nitrogens with one attached hydrogen (secondary N) is 1. The molecule has 2 saturated heterocycles. The normalized spacial score (nSPS) is 22.9. The summed E-state index contributed by atoms with van der Waals surface area (Å²) in [5, 5.41) is 0. The lowest BCUT2D eigenvalue weighted by atomic mass is 9.91. The zero-order valence-electron chi connectivity index (χ0n) is 14.6. The zero-order chi connectivity index (χ0) is 17.2. The third kappa shape index (κ3) is 3.28. The number of aromatic nitrogens is 4. The van der Waals surface area contributed by atoms with Crippen LogP contribution in [0.3, 0.4) is 0 Å². The van der Waals surface area contributed by atoms with Crippen molar-refractivity contribution in [3.63, 3.8) is 0 Å². The fourth-order valence-electron chi connectivity index (χ4n) is 3.70. The molecule has 1 N–H and O–H groups in total. The first-order chi connectivity index (χ1) is 12.3. The second-order valence-corrected chi connectivity index (χ2v) is 6.85. The van der Waals surface area contributed by atoms with Crippen LogP contribution in [0, 0.1) is 0 Å². The first kappa shape index (κ1) is 16.5. The molecule has 0 aliphatic carbocycles. The molecule has 136 valence electrons. The van der Waals surface area contributed by atoms with Gasteiger partial charge in [0.25, 0.3) is 0 Å². The third-order valence-corrected chi connectivity index (χ3v) is 5.12. The Labute approximate surface area is 146 Å². The van der Waals surface area contributed by atoms with Crippen molar-refractivity contribution >= 4 is 11.2 Å². The quantitative estimate of drug-likeness (QED) is 0.722. The summed E-state index contributed by atoms with van der Waals surface area (Å²) < 4.78 is 12.8. The van der Waals surface area contributed by atoms with Gasteiger partial charge in [0.1, 0.15) is 5.52 Å². The minimum Gasteiger partial charge on any atom is -0.463 e. The second kappa shape index (κ2) is 7.13. The van der Waals surface area contributed by atoms with Gasteiger partial charge in [-0.05, 0) is 19.3 Å². The first-order valence-electron chi connectivity index (χ1n) is 9.18. The monoisotopic (exact) mass is 347 g/mol. The van der Waals surface area contributed by atoms with E-state index in [1.54, 1.807) is 10.8 Å². The molecule has 8 heteroatoms. The maximum absolute atomic E-state index is 12.2. The number of nitrogens with zero attached hydrogens (tertiary/aromatic N) is 4. The molecule has 2 aromatic heterocycles. The minimum atomic E-state index is -0.137. The molecule has 2 bridgehead atoms. The van der Waals surface area contributed by atoms with E-state index in [0.717, 1.165) is 39.0 Å². The Morgan fingerprint density at radius 2 is 2.16 bits per heavy atom. The van der Waals surface area contributed by atoms with Gasteiger partial charge in [-0.15, -0.1) is 0 Å². The molecule has 0 saturated carbocycles. The van der Waals surface area contributed by atoms with E-state index in [2.05, 4.69) is 26.8 Å². The van der Waals surface area contributed by atoms with Gasteiger partial charge in [-0.2, -0.15) is 4.98 Å². The molecular formula is C17H25N5O3. The van der Waals surface area contributed by atoms with Crippen molar-refractivity contribution in [1.82, 2.24) is 24.4 Å². The Hall–Kier alpha value is -1.93. The molecule has 4 rings (SSSR count). The zero-order valence-corrected chi connectivity index (χ0v) is 14.6. The predicted molar refractivity (Wildman–Crippen MR) is 92.9 cm³/mol. The molecule has 2 atom stereocenters. The number of morpholine rings is 1. The number of aromatic amines is 1. The molecule has 2 aliphatic rings. The van der Waals surface area contributed by atoms with Gasteiger partial charge < -0.3 is 14.5 Å². The van der Waals surface area contributed by atoms with E-state index in [9.17, 15) is 4.79 Å². The van der Waals surface area contributed by atoms with Gasteiger partial charge in [-0.1, -0.05) is 13.3 Å². The Bertz CT molecular complexity index is 772. The van der Waals surface area contributed by atoms with E-state index in [-0.39, 0.29) is 5.69 Å². The Balaban J connectivity index is 1.42. The lowest BCUT2D eigenvalue weighted by molar-refractivity contribution is -0.127. The number of fused-ring (bicyclic) bond motifs is 3. The largest absolute Gasteiger partial charge is 0.463 e. The number of imidazole rings is 1. The summed E-state index contributed by atoms with van der Waals surface area (Å²) in [6, 6.07) is 1.47. The molecular weight excluding hydrogens is 322 g/mol. The number of hydrogen-bond acceptors (Lipinski definition) is 6. The molecule has 2 aromatic rings. The topological polar surface area (TPSA) is 85.3 Å². The van der Waals surface area contributed by atoms with Gasteiger partial charge in [0.15, 0.2) is 5.65 Å². The third-order valence-electron chi connectivity index (χ3n) is 5.12. The van der Waals surface area contributed by atoms with E-state index in [1.165, 1.54) is 6.42 Å². The van der Waals surface area contributed by atoms with Crippen LogP contribution in [0.2, 0.25) is 0 Å². The highest BCUT2D eigenvalue weighted by Gasteiger charge is 2.41. The minimum absolute atomic E-state index is 0.137. The van der Waals surface area contributed by atoms with Gasteiger partial charge in [0.05, 0.1) is 26.0 Å². The van der Waals surface area contributed by atoms with Crippen LogP contribution in [0.15, 0.2) is 11.0 Å². The Kier molecular flexibility index (Phi) is 4.72. The summed E-state index contributed by atoms with van der Waals surface area (Å²) >= 11 is 0. The van der Waals surface area contributed by atoms with Crippen molar-refractivity contribution in [2.24, 2.45) is 0 Å². The molecule has 2 unspecified atom stereocenters. The number of ether oxygens (including phenoxy) is 2. The molecule has 0 radical (unpaired) electrons. The van der Waals surface area contributed by atoms with Crippen molar-refractivity contribution in [1.29, 1.82) is 0 Å². The fourth-order valence-corrected chi connectivity index (χ4v) is 3.70. The molecule has 8 nitrogen and oxygen atoms in total. The van der Waals surface area contributed by atoms with Crippen molar-refractivity contribution in [3.8, 4) is 6.01 Å². The van der Waals surface area contributed by atoms with E-state index < -0.39 is 0 Å². The van der Waals surface area contributed by atoms with Crippen LogP contribution in [0.25, 0.3) is 11.2 Å². The Morgan fingerprint density at radius 3 is 2.92 bits per heavy atom. The fraction of sp³-hybridized carbons (Fsp3) is 0.706. The molecule has 2 aliphatic heterocycles. The van der Waals surface area contributed by atoms with Crippen LogP contribution in [0.5, 0.6) is 6.01 Å². The number of unbranched alkanes of at least 4 members (excludes halogenated alkanes) is 1. The van der Waals surface area contributed by atoms with Crippen LogP contribution < -0.4 is 10.4 Å². The predicted octanol–water partition coefficient (Wildman–Crippen LogP) is 1.16. The smallest absolute Gasteiger partial charge is 0.327 e. The number of rotatable bonds is 8. The SMILES string of the molecule is CCCCOc1ncc2[nH]c(=O)n(CCCN3C4COCC3C4)c2n1. The first-order valence-corrected chi connectivity index (χ1v) is 9.18. The summed E-state index contributed by atoms with van der Waals surface area (Å²) in [6.45, 7) is 6.01. The van der Waals surface area contributed by atoms with Gasteiger partial charge in [-0.3, -0.25) is 9.47 Å². The van der Waals surface area contributed by atoms with Gasteiger partial charge in [0, 0.05) is 25.2 Å². The Morgan fingerprint density at radius 1 is 1.32 bits per heavy atom. The van der Waals surface area contributed by atoms with Crippen molar-refractivity contribution < 1.29 is 9.47 Å². The summed E-state index contributed by atoms with van der Waals surface area (Å²) in [5.74, 6) is 0. The van der Waals surface area contributed by atoms with Gasteiger partial charge in [-0.25, -0.2) is 9.78 Å². The average Bonchev–Trinajstić information content (AvgIpc) is 2.94. The molecule has 4 heterocycles. The van der Waals surface area contributed by atoms with Crippen LogP contribution in [0.1, 0.15) is 32.6 Å². The van der Waals surface area contributed by atoms with E-state index in [1.807, 2.05) is 0 Å². The lowest BCUT2D eigenvalue weighted by Gasteiger charge is -2.52. The second-order valence-electron chi connectivity index (χ2n) is 6.85. The maximum atomic E-state index is 12.2. The molecule has 2 fully saturated rings. The highest BCUT2D eigenvalue weighted by molar-refractivity contribution is 5.69. The van der Waals surface area contributed by atoms with Gasteiger partial charge in [0.2, 0.25) is 0 Å². The number of hydrogen-bond donors (Lipinski definition) is 1. The summed E-state index contributed by atoms with van der Waals surface area (Å²) in [6.07, 6.45) is 5.80. The highest BCUT2D eigenvalue weighted by Crippen LogP contribution is 2.30. The van der Waals surface area contributed by atoms with E-state index >= 15 is 0 Å². The van der Waals surface area contributed by atoms with Crippen LogP contribution in [-0.2, 0) is 11.3 Å². The molecule has 25 heavy (non-hydrogen) atoms. The lowest BCUT2D eigenvalue weighted by Crippen LogP contribution is -2.63. The average molecular weight is 347 g/mol. The highest BCUT2D eigenvalue weighted by atomic mass is 16.5. The van der Waals surface area contributed by atoms with Crippen molar-refractivity contribution in [2.45, 2.75) is 51.2 Å². The number of H-pyrrole nitrogens is 1. The molecule has 0 amide bonds. The summed E-state index contributed by atoms with van der Waals surface area (Å²) in [5.41, 5.74) is 1.14. The van der Waals surface area contributed by atoms with E-state index in [4.69, 9.17) is 9.47 Å². The van der Waals surface area contributed by atoms with Crippen molar-refractivity contribution in [2.75, 3.05) is 26.4 Å². The standard InChI is InChI=1S/C17H25N5O3/c1-2-3-7-25-16-18-9-14-15(20-16)22(17(23)19-14)6-4-5-21-12-8-13(21)11-24-10-12/h9,12-13H,2-8,10-11H2,1H3,(H,19,23). The van der Waals surface area contributed by atoms with Crippen LogP contribution in [0.4, 0.5) is 0 Å². The van der Waals surface area contributed by atoms with Gasteiger partial charge >= 0.3 is 11.7 Å². The molecule has 0 spiro atoms. The van der Waals surface area contributed by atoms with Crippen LogP contribution in [-0.4, -0.2) is 62.9 Å². The van der Waals surface area contributed by atoms with Crippen LogP contribution >= 0.6 is 0 Å². The number of aryl methyl sites for hydroxylation is 1.